The Morgan fingerprint density at radius 3 is 2.78 bits per heavy atom. The van der Waals surface area contributed by atoms with Crippen LogP contribution in [0.5, 0.6) is 0 Å². The summed E-state index contributed by atoms with van der Waals surface area (Å²) in [5.41, 5.74) is 1.95. The molecular weight excluding hydrogens is 378 g/mol. The second kappa shape index (κ2) is 8.37. The maximum Gasteiger partial charge on any atom is 0.255 e. The molecule has 7 heteroatoms. The van der Waals surface area contributed by atoms with Crippen molar-refractivity contribution in [2.45, 2.75) is 41.9 Å². The predicted molar refractivity (Wildman–Crippen MR) is 114 cm³/mol. The first-order valence-corrected chi connectivity index (χ1v) is 10.4. The summed E-state index contributed by atoms with van der Waals surface area (Å²) < 4.78 is 2.16. The number of benzene rings is 2. The first kappa shape index (κ1) is 19.8. The molecule has 0 saturated heterocycles. The number of nitrogens with zero attached hydrogens (tertiary/aromatic N) is 1. The summed E-state index contributed by atoms with van der Waals surface area (Å²) in [5, 5.41) is 5.68. The number of carbonyl (C=O) groups excluding carboxylic acids is 2. The summed E-state index contributed by atoms with van der Waals surface area (Å²) >= 11 is 3.14. The highest BCUT2D eigenvalue weighted by molar-refractivity contribution is 8.01. The van der Waals surface area contributed by atoms with Gasteiger partial charge in [-0.1, -0.05) is 6.07 Å². The molecule has 2 amide bonds. The van der Waals surface area contributed by atoms with Crippen LogP contribution in [0.1, 0.15) is 31.1 Å². The molecule has 0 aliphatic carbocycles. The van der Waals surface area contributed by atoms with E-state index in [1.54, 1.807) is 24.1 Å². The van der Waals surface area contributed by atoms with Gasteiger partial charge in [0.05, 0.1) is 10.9 Å². The predicted octanol–water partition coefficient (Wildman–Crippen LogP) is 4.72. The second-order valence-electron chi connectivity index (χ2n) is 6.67. The van der Waals surface area contributed by atoms with Gasteiger partial charge in [-0.15, -0.1) is 11.8 Å². The summed E-state index contributed by atoms with van der Waals surface area (Å²) in [6.45, 7) is 6.13. The molecule has 0 aromatic heterocycles. The quantitative estimate of drug-likeness (QED) is 0.710. The van der Waals surface area contributed by atoms with Crippen LogP contribution in [-0.2, 0) is 4.79 Å². The first-order valence-electron chi connectivity index (χ1n) is 8.77. The zero-order valence-corrected chi connectivity index (χ0v) is 17.4. The minimum Gasteiger partial charge on any atom is -0.324 e. The van der Waals surface area contributed by atoms with E-state index in [-0.39, 0.29) is 17.1 Å². The Kier molecular flexibility index (Phi) is 6.14. The molecule has 0 fully saturated rings. The van der Waals surface area contributed by atoms with Crippen molar-refractivity contribution in [1.29, 1.82) is 0 Å². The number of carbonyl (C=O) groups is 2. The summed E-state index contributed by atoms with van der Waals surface area (Å²) in [6, 6.07) is 13.6. The van der Waals surface area contributed by atoms with Crippen LogP contribution in [0, 0.1) is 0 Å². The number of rotatable bonds is 5. The number of thioether (sulfide) groups is 1. The van der Waals surface area contributed by atoms with E-state index in [0.29, 0.717) is 17.3 Å². The molecule has 1 unspecified atom stereocenters. The van der Waals surface area contributed by atoms with Crippen molar-refractivity contribution in [3.05, 3.63) is 48.0 Å². The second-order valence-corrected chi connectivity index (χ2v) is 9.29. The van der Waals surface area contributed by atoms with E-state index < -0.39 is 0 Å². The van der Waals surface area contributed by atoms with Crippen molar-refractivity contribution in [2.75, 3.05) is 17.7 Å². The smallest absolute Gasteiger partial charge is 0.255 e. The summed E-state index contributed by atoms with van der Waals surface area (Å²) in [6.07, 6.45) is 0. The van der Waals surface area contributed by atoms with Crippen LogP contribution in [0.4, 0.5) is 11.4 Å². The van der Waals surface area contributed by atoms with Crippen LogP contribution in [-0.4, -0.2) is 34.5 Å². The van der Waals surface area contributed by atoms with Crippen molar-refractivity contribution < 1.29 is 9.59 Å². The molecule has 2 aromatic carbocycles. The first-order chi connectivity index (χ1) is 12.8. The third-order valence-corrected chi connectivity index (χ3v) is 6.59. The van der Waals surface area contributed by atoms with Crippen LogP contribution in [0.3, 0.4) is 0 Å². The number of fused-ring (bicyclic) bond motifs is 1. The Hall–Kier alpha value is -1.96. The van der Waals surface area contributed by atoms with E-state index in [9.17, 15) is 9.59 Å². The highest BCUT2D eigenvalue weighted by Crippen LogP contribution is 2.36. The lowest BCUT2D eigenvalue weighted by Crippen LogP contribution is -2.26. The largest absolute Gasteiger partial charge is 0.324 e. The fraction of sp³-hybridized carbons (Fsp3) is 0.300. The lowest BCUT2D eigenvalue weighted by molar-refractivity contribution is -0.115. The molecule has 0 spiro atoms. The number of hydrogen-bond donors (Lipinski definition) is 2. The Morgan fingerprint density at radius 2 is 2.04 bits per heavy atom. The summed E-state index contributed by atoms with van der Waals surface area (Å²) in [5.74, 6) is -0.237. The van der Waals surface area contributed by atoms with Gasteiger partial charge in [-0.2, -0.15) is 0 Å². The normalized spacial score (nSPS) is 16.2. The van der Waals surface area contributed by atoms with E-state index in [2.05, 4.69) is 28.8 Å². The van der Waals surface area contributed by atoms with Gasteiger partial charge in [0, 0.05) is 27.1 Å². The Bertz CT molecular complexity index is 870. The number of hydrogen-bond acceptors (Lipinski definition) is 5. The SMILES string of the molecule is CC1Sc2ccc(C(=O)Nc3cccc(SN(C)C(C)C)c3)cc2NC1=O. The van der Waals surface area contributed by atoms with Gasteiger partial charge < -0.3 is 10.6 Å². The molecular formula is C20H23N3O2S2. The van der Waals surface area contributed by atoms with Crippen LogP contribution in [0.2, 0.25) is 0 Å². The van der Waals surface area contributed by atoms with Crippen LogP contribution >= 0.6 is 23.7 Å². The molecule has 3 rings (SSSR count). The maximum absolute atomic E-state index is 12.6. The summed E-state index contributed by atoms with van der Waals surface area (Å²) in [4.78, 5) is 26.5. The molecule has 1 aliphatic heterocycles. The van der Waals surface area contributed by atoms with Gasteiger partial charge in [0.2, 0.25) is 5.91 Å². The van der Waals surface area contributed by atoms with Crippen molar-refractivity contribution in [3.63, 3.8) is 0 Å². The average Bonchev–Trinajstić information content (AvgIpc) is 2.62. The van der Waals surface area contributed by atoms with Gasteiger partial charge >= 0.3 is 0 Å². The number of amides is 2. The maximum atomic E-state index is 12.6. The molecule has 2 aromatic rings. The third kappa shape index (κ3) is 4.86. The lowest BCUT2D eigenvalue weighted by Gasteiger charge is -2.21. The highest BCUT2D eigenvalue weighted by atomic mass is 32.2. The number of anilines is 2. The standard InChI is InChI=1S/C20H23N3O2S2/c1-12(2)23(4)27-16-7-5-6-15(11-16)21-20(25)14-8-9-18-17(10-14)22-19(24)13(3)26-18/h5-13H,1-4H3,(H,21,25)(H,22,24). The minimum absolute atomic E-state index is 0.0379. The Labute approximate surface area is 168 Å². The topological polar surface area (TPSA) is 61.4 Å². The molecule has 1 atom stereocenters. The van der Waals surface area contributed by atoms with Gasteiger partial charge in [0.25, 0.3) is 5.91 Å². The molecule has 0 bridgehead atoms. The van der Waals surface area contributed by atoms with Crippen LogP contribution in [0.15, 0.2) is 52.3 Å². The van der Waals surface area contributed by atoms with Gasteiger partial charge in [-0.25, -0.2) is 4.31 Å². The molecule has 0 radical (unpaired) electrons. The average molecular weight is 402 g/mol. The van der Waals surface area contributed by atoms with Gasteiger partial charge in [-0.05, 0) is 76.2 Å². The monoisotopic (exact) mass is 401 g/mol. The van der Waals surface area contributed by atoms with Gasteiger partial charge in [0.1, 0.15) is 0 Å². The zero-order chi connectivity index (χ0) is 19.6. The van der Waals surface area contributed by atoms with Gasteiger partial charge in [-0.3, -0.25) is 9.59 Å². The molecule has 0 saturated carbocycles. The molecule has 1 heterocycles. The lowest BCUT2D eigenvalue weighted by atomic mass is 10.1. The van der Waals surface area contributed by atoms with E-state index in [4.69, 9.17) is 0 Å². The van der Waals surface area contributed by atoms with E-state index in [0.717, 1.165) is 15.5 Å². The molecule has 5 nitrogen and oxygen atoms in total. The molecule has 27 heavy (non-hydrogen) atoms. The Balaban J connectivity index is 1.73. The van der Waals surface area contributed by atoms with E-state index in [1.165, 1.54) is 11.8 Å². The highest BCUT2D eigenvalue weighted by Gasteiger charge is 2.23. The fourth-order valence-corrected chi connectivity index (χ4v) is 4.25. The van der Waals surface area contributed by atoms with Crippen molar-refractivity contribution >= 4 is 46.9 Å². The molecule has 142 valence electrons. The fourth-order valence-electron chi connectivity index (χ4n) is 2.46. The van der Waals surface area contributed by atoms with Crippen molar-refractivity contribution in [1.82, 2.24) is 4.31 Å². The Morgan fingerprint density at radius 1 is 1.26 bits per heavy atom. The summed E-state index contributed by atoms with van der Waals surface area (Å²) in [7, 11) is 2.04. The van der Waals surface area contributed by atoms with E-state index in [1.807, 2.05) is 44.3 Å². The molecule has 1 aliphatic rings. The van der Waals surface area contributed by atoms with Gasteiger partial charge in [0.15, 0.2) is 0 Å². The minimum atomic E-state index is -0.199. The van der Waals surface area contributed by atoms with Crippen LogP contribution < -0.4 is 10.6 Å². The number of nitrogens with one attached hydrogen (secondary N) is 2. The molecule has 2 N–H and O–H groups in total. The van der Waals surface area contributed by atoms with Crippen LogP contribution in [0.25, 0.3) is 0 Å². The zero-order valence-electron chi connectivity index (χ0n) is 15.8. The van der Waals surface area contributed by atoms with Crippen molar-refractivity contribution in [2.24, 2.45) is 0 Å². The van der Waals surface area contributed by atoms with Crippen molar-refractivity contribution in [3.8, 4) is 0 Å². The third-order valence-electron chi connectivity index (χ3n) is 4.24. The van der Waals surface area contributed by atoms with E-state index >= 15 is 0 Å².